The van der Waals surface area contributed by atoms with Crippen molar-refractivity contribution >= 4 is 44.3 Å². The first kappa shape index (κ1) is 26.3. The highest BCUT2D eigenvalue weighted by molar-refractivity contribution is 7.22. The molecule has 1 saturated carbocycles. The lowest BCUT2D eigenvalue weighted by Crippen LogP contribution is -2.10. The summed E-state index contributed by atoms with van der Waals surface area (Å²) in [6.07, 6.45) is 2.44. The number of hydrogen-bond donors (Lipinski definition) is 3. The number of anilines is 2. The number of hydrogen-bond acceptors (Lipinski definition) is 5. The Labute approximate surface area is 218 Å². The van der Waals surface area contributed by atoms with Crippen LogP contribution in [0.5, 0.6) is 0 Å². The number of nitrogens with zero attached hydrogens (tertiary/aromatic N) is 1. The molecule has 0 amide bonds. The van der Waals surface area contributed by atoms with Crippen LogP contribution >= 0.6 is 11.3 Å². The van der Waals surface area contributed by atoms with Crippen molar-refractivity contribution < 1.29 is 24.2 Å². The maximum absolute atomic E-state index is 14.9. The molecular formula is C29H29FN2O4S. The second-order valence-corrected chi connectivity index (χ2v) is 10.5. The fraction of sp³-hybridized carbons (Fsp3) is 0.276. The number of Topliss-reactive ketones (excluding diaryl/α,β-unsaturated/α-hetero) is 1. The third-order valence-electron chi connectivity index (χ3n) is 6.52. The Balaban J connectivity index is 0.000000747. The van der Waals surface area contributed by atoms with Gasteiger partial charge in [-0.25, -0.2) is 14.2 Å². The molecule has 5 rings (SSSR count). The SMILES string of the molecule is CC(C)c1ccc2nc(Nc3ccc(-c4ccc(C(=O)C5CCCC5)cc4)cc3F)sc2c1.O=C(O)O. The lowest BCUT2D eigenvalue weighted by molar-refractivity contribution is 0.0922. The Hall–Kier alpha value is -3.78. The van der Waals surface area contributed by atoms with E-state index in [2.05, 4.69) is 36.3 Å². The zero-order chi connectivity index (χ0) is 26.5. The average Bonchev–Trinajstić information content (AvgIpc) is 3.54. The quantitative estimate of drug-likeness (QED) is 0.220. The van der Waals surface area contributed by atoms with Crippen LogP contribution in [0.3, 0.4) is 0 Å². The first-order chi connectivity index (χ1) is 17.7. The summed E-state index contributed by atoms with van der Waals surface area (Å²) in [7, 11) is 0. The molecule has 0 saturated heterocycles. The first-order valence-corrected chi connectivity index (χ1v) is 13.1. The summed E-state index contributed by atoms with van der Waals surface area (Å²) in [5, 5.41) is 17.7. The van der Waals surface area contributed by atoms with Crippen molar-refractivity contribution in [3.63, 3.8) is 0 Å². The van der Waals surface area contributed by atoms with Crippen LogP contribution in [0.4, 0.5) is 20.0 Å². The van der Waals surface area contributed by atoms with E-state index in [-0.39, 0.29) is 17.5 Å². The number of aromatic nitrogens is 1. The molecule has 1 aliphatic rings. The van der Waals surface area contributed by atoms with E-state index in [1.807, 2.05) is 36.4 Å². The summed E-state index contributed by atoms with van der Waals surface area (Å²) in [6, 6.07) is 19.0. The summed E-state index contributed by atoms with van der Waals surface area (Å²) < 4.78 is 16.0. The van der Waals surface area contributed by atoms with E-state index in [1.54, 1.807) is 6.07 Å². The zero-order valence-corrected chi connectivity index (χ0v) is 21.5. The standard InChI is InChI=1S/C28H27FN2OS.CH2O3/c1-17(2)21-11-14-25-26(16-21)33-28(31-25)30-24-13-12-22(15-23(24)29)18-7-9-20(10-8-18)27(32)19-5-3-4-6-19;2-1(3)4/h7-17,19H,3-6H2,1-2H3,(H,30,31);(H2,2,3,4). The lowest BCUT2D eigenvalue weighted by Gasteiger charge is -2.10. The minimum absolute atomic E-state index is 0.165. The molecule has 192 valence electrons. The summed E-state index contributed by atoms with van der Waals surface area (Å²) in [6.45, 7) is 4.33. The van der Waals surface area contributed by atoms with E-state index in [9.17, 15) is 9.18 Å². The van der Waals surface area contributed by atoms with Crippen molar-refractivity contribution in [2.75, 3.05) is 5.32 Å². The van der Waals surface area contributed by atoms with Crippen molar-refractivity contribution in [1.29, 1.82) is 0 Å². The molecule has 37 heavy (non-hydrogen) atoms. The summed E-state index contributed by atoms with van der Waals surface area (Å²) >= 11 is 1.53. The molecule has 0 atom stereocenters. The van der Waals surface area contributed by atoms with Gasteiger partial charge in [-0.3, -0.25) is 4.79 Å². The van der Waals surface area contributed by atoms with Gasteiger partial charge in [0.05, 0.1) is 15.9 Å². The number of benzene rings is 3. The molecule has 0 bridgehead atoms. The van der Waals surface area contributed by atoms with Crippen LogP contribution in [0.15, 0.2) is 60.7 Å². The summed E-state index contributed by atoms with van der Waals surface area (Å²) in [5.41, 5.74) is 5.00. The third-order valence-corrected chi connectivity index (χ3v) is 7.45. The van der Waals surface area contributed by atoms with Gasteiger partial charge in [0, 0.05) is 11.5 Å². The predicted octanol–water partition coefficient (Wildman–Crippen LogP) is 8.56. The van der Waals surface area contributed by atoms with Crippen molar-refractivity contribution in [3.05, 3.63) is 77.6 Å². The van der Waals surface area contributed by atoms with E-state index >= 15 is 0 Å². The molecule has 4 aromatic rings. The minimum Gasteiger partial charge on any atom is -0.450 e. The molecule has 0 radical (unpaired) electrons. The summed E-state index contributed by atoms with van der Waals surface area (Å²) in [4.78, 5) is 25.8. The largest absolute Gasteiger partial charge is 0.503 e. The highest BCUT2D eigenvalue weighted by atomic mass is 32.1. The van der Waals surface area contributed by atoms with Gasteiger partial charge in [0.25, 0.3) is 0 Å². The molecule has 8 heteroatoms. The average molecular weight is 521 g/mol. The molecule has 6 nitrogen and oxygen atoms in total. The number of fused-ring (bicyclic) bond motifs is 1. The van der Waals surface area contributed by atoms with E-state index in [0.29, 0.717) is 16.7 Å². The molecule has 0 unspecified atom stereocenters. The van der Waals surface area contributed by atoms with E-state index in [1.165, 1.54) is 23.0 Å². The highest BCUT2D eigenvalue weighted by Crippen LogP contribution is 2.33. The van der Waals surface area contributed by atoms with Crippen LogP contribution < -0.4 is 5.32 Å². The number of carboxylic acid groups (broad SMARTS) is 2. The Kier molecular flexibility index (Phi) is 8.18. The third kappa shape index (κ3) is 6.51. The second-order valence-electron chi connectivity index (χ2n) is 9.43. The number of ketones is 1. The first-order valence-electron chi connectivity index (χ1n) is 12.2. The van der Waals surface area contributed by atoms with Gasteiger partial charge >= 0.3 is 6.16 Å². The van der Waals surface area contributed by atoms with Crippen LogP contribution in [0.25, 0.3) is 21.3 Å². The van der Waals surface area contributed by atoms with Gasteiger partial charge in [-0.2, -0.15) is 0 Å². The topological polar surface area (TPSA) is 99.5 Å². The Bertz CT molecular complexity index is 1410. The molecule has 1 heterocycles. The number of carbonyl (C=O) groups is 2. The van der Waals surface area contributed by atoms with Gasteiger partial charge in [-0.1, -0.05) is 74.4 Å². The molecule has 0 aliphatic heterocycles. The molecule has 1 fully saturated rings. The fourth-order valence-corrected chi connectivity index (χ4v) is 5.44. The maximum Gasteiger partial charge on any atom is 0.503 e. The Morgan fingerprint density at radius 2 is 1.62 bits per heavy atom. The number of carbonyl (C=O) groups excluding carboxylic acids is 1. The van der Waals surface area contributed by atoms with Gasteiger partial charge in [-0.05, 0) is 59.7 Å². The van der Waals surface area contributed by atoms with Gasteiger partial charge in [-0.15, -0.1) is 0 Å². The Morgan fingerprint density at radius 1 is 0.973 bits per heavy atom. The summed E-state index contributed by atoms with van der Waals surface area (Å²) in [5.74, 6) is 0.521. The Morgan fingerprint density at radius 3 is 2.24 bits per heavy atom. The molecule has 0 spiro atoms. The van der Waals surface area contributed by atoms with Crippen molar-refractivity contribution in [2.24, 2.45) is 5.92 Å². The normalized spacial score (nSPS) is 13.4. The lowest BCUT2D eigenvalue weighted by atomic mass is 9.94. The molecule has 3 aromatic carbocycles. The van der Waals surface area contributed by atoms with E-state index in [0.717, 1.165) is 52.6 Å². The fourth-order valence-electron chi connectivity index (χ4n) is 4.52. The smallest absolute Gasteiger partial charge is 0.450 e. The molecule has 1 aromatic heterocycles. The number of rotatable bonds is 6. The number of nitrogens with one attached hydrogen (secondary N) is 1. The van der Waals surface area contributed by atoms with Gasteiger partial charge in [0.1, 0.15) is 5.82 Å². The maximum atomic E-state index is 14.9. The number of thiazole rings is 1. The van der Waals surface area contributed by atoms with E-state index in [4.69, 9.17) is 15.0 Å². The van der Waals surface area contributed by atoms with Crippen molar-refractivity contribution in [3.8, 4) is 11.1 Å². The second kappa shape index (κ2) is 11.5. The molecule has 1 aliphatic carbocycles. The number of halogens is 1. The van der Waals surface area contributed by atoms with Crippen LogP contribution in [-0.4, -0.2) is 27.1 Å². The monoisotopic (exact) mass is 520 g/mol. The van der Waals surface area contributed by atoms with Crippen LogP contribution in [0.2, 0.25) is 0 Å². The van der Waals surface area contributed by atoms with Crippen LogP contribution in [0, 0.1) is 11.7 Å². The van der Waals surface area contributed by atoms with Crippen LogP contribution in [0.1, 0.15) is 61.4 Å². The van der Waals surface area contributed by atoms with Gasteiger partial charge in [0.15, 0.2) is 10.9 Å². The predicted molar refractivity (Wildman–Crippen MR) is 146 cm³/mol. The molecular weight excluding hydrogens is 491 g/mol. The molecule has 3 N–H and O–H groups in total. The zero-order valence-electron chi connectivity index (χ0n) is 20.7. The van der Waals surface area contributed by atoms with Gasteiger partial charge < -0.3 is 15.5 Å². The van der Waals surface area contributed by atoms with Crippen molar-refractivity contribution in [2.45, 2.75) is 45.4 Å². The highest BCUT2D eigenvalue weighted by Gasteiger charge is 2.23. The van der Waals surface area contributed by atoms with Crippen molar-refractivity contribution in [1.82, 2.24) is 4.98 Å². The van der Waals surface area contributed by atoms with Crippen LogP contribution in [-0.2, 0) is 0 Å². The minimum atomic E-state index is -1.83. The van der Waals surface area contributed by atoms with E-state index < -0.39 is 6.16 Å². The van der Waals surface area contributed by atoms with Gasteiger partial charge in [0.2, 0.25) is 0 Å².